The molecule has 0 atom stereocenters. The Morgan fingerprint density at radius 3 is 2.42 bits per heavy atom. The van der Waals surface area contributed by atoms with E-state index in [4.69, 9.17) is 20.4 Å². The number of ether oxygens (including phenoxy) is 2. The first kappa shape index (κ1) is 13.0. The molecule has 0 spiro atoms. The number of hydrogen-bond donors (Lipinski definition) is 3. The average molecular weight is 263 g/mol. The van der Waals surface area contributed by atoms with Crippen molar-refractivity contribution >= 4 is 5.95 Å². The number of aromatic nitrogens is 3. The van der Waals surface area contributed by atoms with Crippen molar-refractivity contribution in [2.75, 3.05) is 12.5 Å². The summed E-state index contributed by atoms with van der Waals surface area (Å²) in [5.74, 6) is 5.89. The van der Waals surface area contributed by atoms with Crippen LogP contribution in [0.3, 0.4) is 0 Å². The highest BCUT2D eigenvalue weighted by atomic mass is 16.5. The predicted molar refractivity (Wildman–Crippen MR) is 66.6 cm³/mol. The number of nitrogens with one attached hydrogen (secondary N) is 1. The fourth-order valence-corrected chi connectivity index (χ4v) is 1.31. The van der Waals surface area contributed by atoms with E-state index in [9.17, 15) is 0 Å². The van der Waals surface area contributed by atoms with Gasteiger partial charge in [0, 0.05) is 0 Å². The molecule has 0 saturated carbocycles. The fraction of sp³-hybridized carbons (Fsp3) is 0.182. The number of aliphatic hydroxyl groups is 1. The van der Waals surface area contributed by atoms with Crippen LogP contribution in [0.2, 0.25) is 0 Å². The zero-order chi connectivity index (χ0) is 13.7. The molecule has 4 N–H and O–H groups in total. The molecule has 0 unspecified atom stereocenters. The van der Waals surface area contributed by atoms with Gasteiger partial charge in [-0.15, -0.1) is 4.98 Å². The molecule has 0 aliphatic heterocycles. The van der Waals surface area contributed by atoms with Crippen LogP contribution in [0.15, 0.2) is 24.3 Å². The van der Waals surface area contributed by atoms with Gasteiger partial charge in [-0.3, -0.25) is 5.43 Å². The fourth-order valence-electron chi connectivity index (χ4n) is 1.31. The lowest BCUT2D eigenvalue weighted by Gasteiger charge is -2.07. The number of aliphatic hydroxyl groups excluding tert-OH is 1. The van der Waals surface area contributed by atoms with E-state index in [0.717, 1.165) is 5.56 Å². The van der Waals surface area contributed by atoms with Gasteiger partial charge in [0.15, 0.2) is 0 Å². The van der Waals surface area contributed by atoms with Crippen molar-refractivity contribution in [3.63, 3.8) is 0 Å². The zero-order valence-electron chi connectivity index (χ0n) is 10.2. The summed E-state index contributed by atoms with van der Waals surface area (Å²) in [6.07, 6.45) is 0. The smallest absolute Gasteiger partial charge is 0.330 e. The number of rotatable bonds is 5. The molecule has 0 aliphatic carbocycles. The first-order valence-corrected chi connectivity index (χ1v) is 5.39. The van der Waals surface area contributed by atoms with E-state index in [1.54, 1.807) is 24.3 Å². The molecule has 0 amide bonds. The normalized spacial score (nSPS) is 10.1. The second kappa shape index (κ2) is 5.94. The van der Waals surface area contributed by atoms with Gasteiger partial charge in [0.25, 0.3) is 0 Å². The maximum atomic E-state index is 8.94. The van der Waals surface area contributed by atoms with Crippen LogP contribution in [-0.4, -0.2) is 27.2 Å². The van der Waals surface area contributed by atoms with Gasteiger partial charge in [-0.25, -0.2) is 5.84 Å². The van der Waals surface area contributed by atoms with Gasteiger partial charge in [0.05, 0.1) is 13.7 Å². The molecule has 1 aromatic carbocycles. The Labute approximate surface area is 109 Å². The van der Waals surface area contributed by atoms with Gasteiger partial charge in [-0.2, -0.15) is 9.97 Å². The summed E-state index contributed by atoms with van der Waals surface area (Å²) in [6, 6.07) is 6.99. The number of anilines is 1. The second-order valence-electron chi connectivity index (χ2n) is 3.48. The van der Waals surface area contributed by atoms with Crippen LogP contribution >= 0.6 is 0 Å². The minimum Gasteiger partial charge on any atom is -0.467 e. The van der Waals surface area contributed by atoms with Crippen LogP contribution < -0.4 is 20.7 Å². The van der Waals surface area contributed by atoms with Crippen LogP contribution in [0, 0.1) is 0 Å². The Hall–Kier alpha value is -2.45. The molecule has 8 nitrogen and oxygen atoms in total. The molecule has 19 heavy (non-hydrogen) atoms. The highest BCUT2D eigenvalue weighted by Gasteiger charge is 2.08. The Kier molecular flexibility index (Phi) is 4.06. The van der Waals surface area contributed by atoms with Gasteiger partial charge in [-0.05, 0) is 17.7 Å². The maximum absolute atomic E-state index is 8.94. The summed E-state index contributed by atoms with van der Waals surface area (Å²) in [5.41, 5.74) is 3.07. The molecule has 1 aromatic heterocycles. The van der Waals surface area contributed by atoms with Crippen molar-refractivity contribution in [3.8, 4) is 17.8 Å². The van der Waals surface area contributed by atoms with Gasteiger partial charge in [0.1, 0.15) is 5.75 Å². The molecule has 0 bridgehead atoms. The minimum absolute atomic E-state index is 0.0267. The summed E-state index contributed by atoms with van der Waals surface area (Å²) >= 11 is 0. The zero-order valence-corrected chi connectivity index (χ0v) is 10.2. The molecular formula is C11H13N5O3. The standard InChI is InChI=1S/C11H13N5O3/c1-18-10-13-9(16-12)14-11(15-10)19-8-4-2-7(6-17)3-5-8/h2-5,17H,6,12H2,1H3,(H,13,14,15,16). The average Bonchev–Trinajstić information content (AvgIpc) is 2.47. The third-order valence-electron chi connectivity index (χ3n) is 2.22. The molecule has 8 heteroatoms. The first-order valence-electron chi connectivity index (χ1n) is 5.39. The SMILES string of the molecule is COc1nc(NN)nc(Oc2ccc(CO)cc2)n1. The monoisotopic (exact) mass is 263 g/mol. The minimum atomic E-state index is -0.0267. The van der Waals surface area contributed by atoms with E-state index in [2.05, 4.69) is 20.4 Å². The maximum Gasteiger partial charge on any atom is 0.330 e. The van der Waals surface area contributed by atoms with Gasteiger partial charge in [0.2, 0.25) is 5.95 Å². The van der Waals surface area contributed by atoms with E-state index in [1.165, 1.54) is 7.11 Å². The number of nitrogen functional groups attached to an aromatic ring is 1. The highest BCUT2D eigenvalue weighted by molar-refractivity contribution is 5.31. The summed E-state index contributed by atoms with van der Waals surface area (Å²) in [4.78, 5) is 11.7. The molecule has 1 heterocycles. The van der Waals surface area contributed by atoms with Crippen molar-refractivity contribution in [2.45, 2.75) is 6.61 Å². The number of nitrogens with two attached hydrogens (primary N) is 1. The molecule has 0 radical (unpaired) electrons. The number of hydrazine groups is 1. The Balaban J connectivity index is 2.21. The van der Waals surface area contributed by atoms with E-state index in [1.807, 2.05) is 0 Å². The summed E-state index contributed by atoms with van der Waals surface area (Å²) in [5, 5.41) is 8.94. The van der Waals surface area contributed by atoms with Crippen molar-refractivity contribution in [3.05, 3.63) is 29.8 Å². The lowest BCUT2D eigenvalue weighted by Crippen LogP contribution is -2.12. The van der Waals surface area contributed by atoms with Crippen LogP contribution in [0.5, 0.6) is 17.8 Å². The molecule has 0 fully saturated rings. The van der Waals surface area contributed by atoms with E-state index in [-0.39, 0.29) is 24.6 Å². The number of methoxy groups -OCH3 is 1. The topological polar surface area (TPSA) is 115 Å². The number of nitrogens with zero attached hydrogens (tertiary/aromatic N) is 3. The quantitative estimate of drug-likeness (QED) is 0.526. The van der Waals surface area contributed by atoms with Gasteiger partial charge >= 0.3 is 12.0 Å². The van der Waals surface area contributed by atoms with Crippen LogP contribution in [0.1, 0.15) is 5.56 Å². The molecule has 0 aliphatic rings. The number of benzene rings is 1. The van der Waals surface area contributed by atoms with Gasteiger partial charge in [-0.1, -0.05) is 12.1 Å². The summed E-state index contributed by atoms with van der Waals surface area (Å²) in [6.45, 7) is -0.0267. The van der Waals surface area contributed by atoms with Crippen molar-refractivity contribution < 1.29 is 14.6 Å². The Morgan fingerprint density at radius 2 is 1.84 bits per heavy atom. The summed E-state index contributed by atoms with van der Waals surface area (Å²) in [7, 11) is 1.43. The van der Waals surface area contributed by atoms with E-state index >= 15 is 0 Å². The predicted octanol–water partition coefficient (Wildman–Crippen LogP) is 0.450. The van der Waals surface area contributed by atoms with Crippen molar-refractivity contribution in [2.24, 2.45) is 5.84 Å². The largest absolute Gasteiger partial charge is 0.467 e. The molecule has 0 saturated heterocycles. The molecule has 2 aromatic rings. The highest BCUT2D eigenvalue weighted by Crippen LogP contribution is 2.20. The van der Waals surface area contributed by atoms with Gasteiger partial charge < -0.3 is 14.6 Å². The third kappa shape index (κ3) is 3.27. The lowest BCUT2D eigenvalue weighted by atomic mass is 10.2. The van der Waals surface area contributed by atoms with Crippen LogP contribution in [0.25, 0.3) is 0 Å². The molecule has 2 rings (SSSR count). The van der Waals surface area contributed by atoms with Crippen molar-refractivity contribution in [1.29, 1.82) is 0 Å². The van der Waals surface area contributed by atoms with E-state index < -0.39 is 0 Å². The van der Waals surface area contributed by atoms with Crippen LogP contribution in [-0.2, 0) is 6.61 Å². The third-order valence-corrected chi connectivity index (χ3v) is 2.22. The summed E-state index contributed by atoms with van der Waals surface area (Å²) < 4.78 is 10.3. The molecule has 100 valence electrons. The first-order chi connectivity index (χ1) is 9.25. The number of hydrogen-bond acceptors (Lipinski definition) is 8. The second-order valence-corrected chi connectivity index (χ2v) is 3.48. The van der Waals surface area contributed by atoms with Crippen LogP contribution in [0.4, 0.5) is 5.95 Å². The Morgan fingerprint density at radius 1 is 1.16 bits per heavy atom. The molecular weight excluding hydrogens is 250 g/mol. The van der Waals surface area contributed by atoms with E-state index in [0.29, 0.717) is 5.75 Å². The lowest BCUT2D eigenvalue weighted by molar-refractivity contribution is 0.281. The Bertz CT molecular complexity index is 524. The van der Waals surface area contributed by atoms with Crippen molar-refractivity contribution in [1.82, 2.24) is 15.0 Å².